The van der Waals surface area contributed by atoms with Crippen molar-refractivity contribution in [3.05, 3.63) is 75.7 Å². The zero-order valence-corrected chi connectivity index (χ0v) is 16.1. The van der Waals surface area contributed by atoms with Crippen LogP contribution in [-0.4, -0.2) is 16.2 Å². The Morgan fingerprint density at radius 3 is 2.67 bits per heavy atom. The van der Waals surface area contributed by atoms with E-state index in [9.17, 15) is 9.90 Å². The predicted octanol–water partition coefficient (Wildman–Crippen LogP) is 5.31. The summed E-state index contributed by atoms with van der Waals surface area (Å²) < 4.78 is 5.26. The minimum absolute atomic E-state index is 0.0487. The van der Waals surface area contributed by atoms with Crippen molar-refractivity contribution in [3.63, 3.8) is 0 Å². The zero-order valence-electron chi connectivity index (χ0n) is 15.3. The molecule has 0 atom stereocenters. The van der Waals surface area contributed by atoms with E-state index in [1.807, 2.05) is 50.2 Å². The van der Waals surface area contributed by atoms with Crippen LogP contribution < -0.4 is 5.32 Å². The van der Waals surface area contributed by atoms with Crippen LogP contribution in [0, 0.1) is 0 Å². The maximum atomic E-state index is 12.2. The molecule has 3 aromatic rings. The molecule has 0 bridgehead atoms. The Bertz CT molecular complexity index is 893. The number of ether oxygens (including phenoxy) is 1. The summed E-state index contributed by atoms with van der Waals surface area (Å²) in [4.78, 5) is 17.1. The van der Waals surface area contributed by atoms with Gasteiger partial charge in [-0.1, -0.05) is 44.2 Å². The third-order valence-electron chi connectivity index (χ3n) is 4.11. The molecule has 0 radical (unpaired) electrons. The number of amides is 1. The highest BCUT2D eigenvalue weighted by molar-refractivity contribution is 7.09. The number of nitrogens with one attached hydrogen (secondary N) is 1. The van der Waals surface area contributed by atoms with Crippen molar-refractivity contribution in [2.24, 2.45) is 0 Å². The van der Waals surface area contributed by atoms with Crippen LogP contribution in [0.25, 0.3) is 0 Å². The number of aromatic nitrogens is 1. The molecule has 2 aromatic carbocycles. The van der Waals surface area contributed by atoms with Crippen molar-refractivity contribution in [2.45, 2.75) is 32.8 Å². The van der Waals surface area contributed by atoms with E-state index in [4.69, 9.17) is 4.74 Å². The summed E-state index contributed by atoms with van der Waals surface area (Å²) in [7, 11) is 0. The van der Waals surface area contributed by atoms with Crippen molar-refractivity contribution in [1.29, 1.82) is 0 Å². The summed E-state index contributed by atoms with van der Waals surface area (Å²) in [5.74, 6) is 0.226. The van der Waals surface area contributed by atoms with E-state index in [2.05, 4.69) is 10.3 Å². The lowest BCUT2D eigenvalue weighted by molar-refractivity contribution is 0.156. The second-order valence-corrected chi connectivity index (χ2v) is 7.53. The lowest BCUT2D eigenvalue weighted by Crippen LogP contribution is -2.15. The van der Waals surface area contributed by atoms with Gasteiger partial charge in [0.2, 0.25) is 0 Å². The van der Waals surface area contributed by atoms with E-state index < -0.39 is 6.09 Å². The van der Waals surface area contributed by atoms with Crippen LogP contribution in [0.15, 0.2) is 54.2 Å². The maximum absolute atomic E-state index is 12.2. The van der Waals surface area contributed by atoms with Crippen LogP contribution in [0.3, 0.4) is 0 Å². The molecule has 3 rings (SSSR count). The van der Waals surface area contributed by atoms with Crippen molar-refractivity contribution in [1.82, 2.24) is 4.98 Å². The summed E-state index contributed by atoms with van der Waals surface area (Å²) >= 11 is 1.43. The Morgan fingerprint density at radius 2 is 2.00 bits per heavy atom. The number of hydrogen-bond acceptors (Lipinski definition) is 5. The molecule has 140 valence electrons. The molecule has 0 spiro atoms. The quantitative estimate of drug-likeness (QED) is 0.606. The monoisotopic (exact) mass is 382 g/mol. The van der Waals surface area contributed by atoms with Crippen LogP contribution >= 0.6 is 11.3 Å². The highest BCUT2D eigenvalue weighted by atomic mass is 32.1. The highest BCUT2D eigenvalue weighted by Crippen LogP contribution is 2.35. The first-order chi connectivity index (χ1) is 13.0. The standard InChI is InChI=1S/C21H22N2O3S/c1-14(2)20-18(23-21(25)26-12-17-11-22-13-27-17)9-16(10-19(20)24)8-15-6-4-3-5-7-15/h3-7,9-11,13-14,24H,8,12H2,1-2H3,(H,23,25). The molecule has 0 aliphatic rings. The van der Waals surface area contributed by atoms with Gasteiger partial charge in [0.1, 0.15) is 12.4 Å². The first-order valence-electron chi connectivity index (χ1n) is 8.73. The van der Waals surface area contributed by atoms with E-state index in [1.165, 1.54) is 11.3 Å². The fourth-order valence-electron chi connectivity index (χ4n) is 2.94. The summed E-state index contributed by atoms with van der Waals surface area (Å²) in [5.41, 5.74) is 5.01. The molecule has 0 aliphatic carbocycles. The highest BCUT2D eigenvalue weighted by Gasteiger charge is 2.17. The molecule has 0 aliphatic heterocycles. The van der Waals surface area contributed by atoms with Gasteiger partial charge in [-0.15, -0.1) is 11.3 Å². The molecule has 0 fully saturated rings. The summed E-state index contributed by atoms with van der Waals surface area (Å²) in [6, 6.07) is 13.6. The van der Waals surface area contributed by atoms with Crippen LogP contribution in [0.2, 0.25) is 0 Å². The first-order valence-corrected chi connectivity index (χ1v) is 9.61. The van der Waals surface area contributed by atoms with Gasteiger partial charge < -0.3 is 9.84 Å². The fourth-order valence-corrected chi connectivity index (χ4v) is 3.44. The third kappa shape index (κ3) is 5.08. The van der Waals surface area contributed by atoms with Crippen LogP contribution in [0.1, 0.15) is 41.3 Å². The first kappa shape index (κ1) is 18.9. The predicted molar refractivity (Wildman–Crippen MR) is 107 cm³/mol. The lowest BCUT2D eigenvalue weighted by atomic mass is 9.95. The van der Waals surface area contributed by atoms with Crippen molar-refractivity contribution >= 4 is 23.1 Å². The average molecular weight is 382 g/mol. The van der Waals surface area contributed by atoms with Crippen molar-refractivity contribution < 1.29 is 14.6 Å². The number of phenols is 1. The lowest BCUT2D eigenvalue weighted by Gasteiger charge is -2.17. The van der Waals surface area contributed by atoms with E-state index in [0.717, 1.165) is 16.0 Å². The van der Waals surface area contributed by atoms with E-state index in [0.29, 0.717) is 17.7 Å². The Morgan fingerprint density at radius 1 is 1.22 bits per heavy atom. The normalized spacial score (nSPS) is 10.8. The number of aromatic hydroxyl groups is 1. The summed E-state index contributed by atoms with van der Waals surface area (Å²) in [6.07, 6.45) is 1.78. The van der Waals surface area contributed by atoms with Gasteiger partial charge >= 0.3 is 6.09 Å². The van der Waals surface area contributed by atoms with Gasteiger partial charge in [0.05, 0.1) is 16.1 Å². The number of carbonyl (C=O) groups excluding carboxylic acids is 1. The largest absolute Gasteiger partial charge is 0.508 e. The number of rotatable bonds is 6. The molecule has 2 N–H and O–H groups in total. The number of thiazole rings is 1. The molecule has 1 heterocycles. The molecule has 1 amide bonds. The third-order valence-corrected chi connectivity index (χ3v) is 4.87. The fraction of sp³-hybridized carbons (Fsp3) is 0.238. The Kier molecular flexibility index (Phi) is 6.08. The molecule has 0 saturated heterocycles. The van der Waals surface area contributed by atoms with E-state index >= 15 is 0 Å². The van der Waals surface area contributed by atoms with E-state index in [1.54, 1.807) is 17.8 Å². The van der Waals surface area contributed by atoms with E-state index in [-0.39, 0.29) is 18.3 Å². The van der Waals surface area contributed by atoms with Crippen LogP contribution in [-0.2, 0) is 17.8 Å². The van der Waals surface area contributed by atoms with Gasteiger partial charge in [-0.2, -0.15) is 0 Å². The number of phenolic OH excluding ortho intramolecular Hbond substituents is 1. The topological polar surface area (TPSA) is 71.5 Å². The summed E-state index contributed by atoms with van der Waals surface area (Å²) in [5, 5.41) is 13.3. The second-order valence-electron chi connectivity index (χ2n) is 6.56. The van der Waals surface area contributed by atoms with Gasteiger partial charge in [0.25, 0.3) is 0 Å². The van der Waals surface area contributed by atoms with Crippen molar-refractivity contribution in [3.8, 4) is 5.75 Å². The zero-order chi connectivity index (χ0) is 19.2. The molecular weight excluding hydrogens is 360 g/mol. The minimum atomic E-state index is -0.554. The Labute approximate surface area is 162 Å². The Balaban J connectivity index is 1.79. The molecule has 27 heavy (non-hydrogen) atoms. The van der Waals surface area contributed by atoms with Crippen LogP contribution in [0.4, 0.5) is 10.5 Å². The average Bonchev–Trinajstić information content (AvgIpc) is 3.14. The van der Waals surface area contributed by atoms with Crippen LogP contribution in [0.5, 0.6) is 5.75 Å². The number of hydrogen-bond donors (Lipinski definition) is 2. The SMILES string of the molecule is CC(C)c1c(O)cc(Cc2ccccc2)cc1NC(=O)OCc1cncs1. The molecule has 5 nitrogen and oxygen atoms in total. The summed E-state index contributed by atoms with van der Waals surface area (Å²) in [6.45, 7) is 4.11. The van der Waals surface area contributed by atoms with Crippen molar-refractivity contribution in [2.75, 3.05) is 5.32 Å². The molecular formula is C21H22N2O3S. The molecule has 0 unspecified atom stereocenters. The maximum Gasteiger partial charge on any atom is 0.411 e. The van der Waals surface area contributed by atoms with Gasteiger partial charge in [-0.3, -0.25) is 10.3 Å². The minimum Gasteiger partial charge on any atom is -0.508 e. The van der Waals surface area contributed by atoms with Gasteiger partial charge in [-0.05, 0) is 35.6 Å². The Hall–Kier alpha value is -2.86. The van der Waals surface area contributed by atoms with Gasteiger partial charge in [0, 0.05) is 11.8 Å². The van der Waals surface area contributed by atoms with Gasteiger partial charge in [-0.25, -0.2) is 4.79 Å². The smallest absolute Gasteiger partial charge is 0.411 e. The number of benzene rings is 2. The molecule has 1 aromatic heterocycles. The second kappa shape index (κ2) is 8.68. The number of nitrogens with zero attached hydrogens (tertiary/aromatic N) is 1. The number of carbonyl (C=O) groups is 1. The number of anilines is 1. The molecule has 0 saturated carbocycles. The molecule has 6 heteroatoms. The van der Waals surface area contributed by atoms with Gasteiger partial charge in [0.15, 0.2) is 0 Å².